The van der Waals surface area contributed by atoms with Crippen LogP contribution in [0.4, 0.5) is 0 Å². The van der Waals surface area contributed by atoms with Crippen LogP contribution in [0.5, 0.6) is 0 Å². The van der Waals surface area contributed by atoms with E-state index >= 15 is 0 Å². The number of nitrogens with one attached hydrogen (secondary N) is 1. The highest BCUT2D eigenvalue weighted by Gasteiger charge is 2.16. The molecule has 0 radical (unpaired) electrons. The molecular formula is C16H16N2O2S. The molecule has 0 heterocycles. The van der Waals surface area contributed by atoms with Crippen LogP contribution in [0.25, 0.3) is 0 Å². The van der Waals surface area contributed by atoms with E-state index in [2.05, 4.69) is 4.72 Å². The Bertz CT molecular complexity index is 732. The smallest absolute Gasteiger partial charge is 0.212 e. The van der Waals surface area contributed by atoms with Gasteiger partial charge in [0.15, 0.2) is 0 Å². The summed E-state index contributed by atoms with van der Waals surface area (Å²) in [5.41, 5.74) is 2.13. The molecule has 0 aliphatic rings. The zero-order valence-corrected chi connectivity index (χ0v) is 12.5. The third-order valence-electron chi connectivity index (χ3n) is 3.10. The number of nitriles is 1. The zero-order chi connectivity index (χ0) is 15.3. The van der Waals surface area contributed by atoms with E-state index in [1.807, 2.05) is 24.3 Å². The first-order valence-electron chi connectivity index (χ1n) is 6.54. The van der Waals surface area contributed by atoms with E-state index in [0.29, 0.717) is 5.56 Å². The van der Waals surface area contributed by atoms with Crippen molar-refractivity contribution in [3.05, 3.63) is 71.3 Å². The van der Waals surface area contributed by atoms with Gasteiger partial charge in [-0.2, -0.15) is 5.26 Å². The molecule has 2 rings (SSSR count). The lowest BCUT2D eigenvalue weighted by molar-refractivity contribution is 0.566. The molecule has 5 heteroatoms. The van der Waals surface area contributed by atoms with Crippen molar-refractivity contribution in [3.63, 3.8) is 0 Å². The molecule has 0 saturated carbocycles. The lowest BCUT2D eigenvalue weighted by Gasteiger charge is -2.14. The fraction of sp³-hybridized carbons (Fsp3) is 0.188. The van der Waals surface area contributed by atoms with E-state index in [0.717, 1.165) is 11.1 Å². The normalized spacial score (nSPS) is 12.6. The van der Waals surface area contributed by atoms with Gasteiger partial charge in [-0.05, 0) is 30.2 Å². The van der Waals surface area contributed by atoms with Crippen LogP contribution in [0.2, 0.25) is 0 Å². The molecule has 0 aliphatic carbocycles. The fourth-order valence-corrected chi connectivity index (χ4v) is 3.41. The van der Waals surface area contributed by atoms with Crippen LogP contribution in [0.15, 0.2) is 54.6 Å². The first kappa shape index (κ1) is 15.2. The predicted molar refractivity (Wildman–Crippen MR) is 81.8 cm³/mol. The van der Waals surface area contributed by atoms with Gasteiger partial charge in [0.1, 0.15) is 0 Å². The Morgan fingerprint density at radius 3 is 2.29 bits per heavy atom. The van der Waals surface area contributed by atoms with Gasteiger partial charge >= 0.3 is 0 Å². The van der Waals surface area contributed by atoms with Crippen molar-refractivity contribution < 1.29 is 8.42 Å². The largest absolute Gasteiger partial charge is 0.216 e. The van der Waals surface area contributed by atoms with Crippen molar-refractivity contribution in [1.82, 2.24) is 4.72 Å². The Labute approximate surface area is 125 Å². The van der Waals surface area contributed by atoms with Crippen LogP contribution < -0.4 is 4.72 Å². The highest BCUT2D eigenvalue weighted by atomic mass is 32.2. The maximum Gasteiger partial charge on any atom is 0.216 e. The van der Waals surface area contributed by atoms with Crippen LogP contribution in [-0.2, 0) is 15.8 Å². The summed E-state index contributed by atoms with van der Waals surface area (Å²) in [5, 5.41) is 8.76. The summed E-state index contributed by atoms with van der Waals surface area (Å²) >= 11 is 0. The summed E-state index contributed by atoms with van der Waals surface area (Å²) in [4.78, 5) is 0. The molecule has 4 nitrogen and oxygen atoms in total. The second-order valence-electron chi connectivity index (χ2n) is 4.82. The number of nitrogens with zero attached hydrogens (tertiary/aromatic N) is 1. The molecule has 0 saturated heterocycles. The summed E-state index contributed by atoms with van der Waals surface area (Å²) in [6.07, 6.45) is 0. The average Bonchev–Trinajstić information content (AvgIpc) is 2.47. The summed E-state index contributed by atoms with van der Waals surface area (Å²) in [5.74, 6) is -0.0472. The summed E-state index contributed by atoms with van der Waals surface area (Å²) in [6.45, 7) is 1.78. The third-order valence-corrected chi connectivity index (χ3v) is 4.52. The van der Waals surface area contributed by atoms with Crippen molar-refractivity contribution in [1.29, 1.82) is 5.26 Å². The Balaban J connectivity index is 2.07. The van der Waals surface area contributed by atoms with Crippen molar-refractivity contribution in [2.24, 2.45) is 0 Å². The molecule has 108 valence electrons. The molecule has 21 heavy (non-hydrogen) atoms. The average molecular weight is 300 g/mol. The molecule has 1 N–H and O–H groups in total. The van der Waals surface area contributed by atoms with Gasteiger partial charge in [0.2, 0.25) is 10.0 Å². The minimum atomic E-state index is -3.41. The molecule has 1 unspecified atom stereocenters. The number of rotatable bonds is 5. The minimum Gasteiger partial charge on any atom is -0.212 e. The summed E-state index contributed by atoms with van der Waals surface area (Å²) in [6, 6.07) is 17.6. The number of hydrogen-bond donors (Lipinski definition) is 1. The van der Waals surface area contributed by atoms with Crippen LogP contribution in [0, 0.1) is 11.3 Å². The van der Waals surface area contributed by atoms with Gasteiger partial charge in [-0.1, -0.05) is 42.5 Å². The Hall–Kier alpha value is -2.16. The van der Waals surface area contributed by atoms with E-state index in [9.17, 15) is 8.42 Å². The van der Waals surface area contributed by atoms with Crippen LogP contribution in [-0.4, -0.2) is 8.42 Å². The molecule has 2 aromatic rings. The van der Waals surface area contributed by atoms with Crippen molar-refractivity contribution >= 4 is 10.0 Å². The van der Waals surface area contributed by atoms with Gasteiger partial charge < -0.3 is 0 Å². The molecule has 0 fully saturated rings. The molecule has 0 spiro atoms. The van der Waals surface area contributed by atoms with Gasteiger partial charge in [-0.15, -0.1) is 0 Å². The van der Waals surface area contributed by atoms with Gasteiger partial charge in [0.05, 0.1) is 17.4 Å². The molecule has 1 atom stereocenters. The summed E-state index contributed by atoms with van der Waals surface area (Å²) in [7, 11) is -3.41. The first-order valence-corrected chi connectivity index (χ1v) is 8.19. The fourth-order valence-electron chi connectivity index (χ4n) is 2.02. The lowest BCUT2D eigenvalue weighted by Crippen LogP contribution is -2.28. The van der Waals surface area contributed by atoms with E-state index < -0.39 is 10.0 Å². The van der Waals surface area contributed by atoms with Crippen molar-refractivity contribution in [2.45, 2.75) is 18.7 Å². The number of sulfonamides is 1. The molecule has 0 aromatic heterocycles. The van der Waals surface area contributed by atoms with Crippen LogP contribution in [0.1, 0.15) is 29.7 Å². The SMILES string of the molecule is CC(NS(=O)(=O)Cc1ccccc1)c1ccc(C#N)cc1. The van der Waals surface area contributed by atoms with Gasteiger partial charge in [0.25, 0.3) is 0 Å². The van der Waals surface area contributed by atoms with Crippen molar-refractivity contribution in [3.8, 4) is 6.07 Å². The van der Waals surface area contributed by atoms with Crippen LogP contribution in [0.3, 0.4) is 0 Å². The Morgan fingerprint density at radius 1 is 1.10 bits per heavy atom. The molecular weight excluding hydrogens is 284 g/mol. The van der Waals surface area contributed by atoms with E-state index in [4.69, 9.17) is 5.26 Å². The maximum atomic E-state index is 12.1. The Morgan fingerprint density at radius 2 is 1.71 bits per heavy atom. The van der Waals surface area contributed by atoms with E-state index in [-0.39, 0.29) is 11.8 Å². The van der Waals surface area contributed by atoms with Crippen LogP contribution >= 0.6 is 0 Å². The molecule has 0 amide bonds. The number of benzene rings is 2. The molecule has 0 aliphatic heterocycles. The Kier molecular flexibility index (Phi) is 4.73. The quantitative estimate of drug-likeness (QED) is 0.923. The van der Waals surface area contributed by atoms with Gasteiger partial charge in [0, 0.05) is 6.04 Å². The van der Waals surface area contributed by atoms with Gasteiger partial charge in [-0.3, -0.25) is 0 Å². The van der Waals surface area contributed by atoms with Crippen molar-refractivity contribution in [2.75, 3.05) is 0 Å². The second-order valence-corrected chi connectivity index (χ2v) is 6.57. The van der Waals surface area contributed by atoms with E-state index in [1.165, 1.54) is 0 Å². The molecule has 2 aromatic carbocycles. The van der Waals surface area contributed by atoms with Gasteiger partial charge in [-0.25, -0.2) is 13.1 Å². The zero-order valence-electron chi connectivity index (χ0n) is 11.7. The second kappa shape index (κ2) is 6.53. The van der Waals surface area contributed by atoms with E-state index in [1.54, 1.807) is 43.3 Å². The summed E-state index contributed by atoms with van der Waals surface area (Å²) < 4.78 is 26.9. The highest BCUT2D eigenvalue weighted by molar-refractivity contribution is 7.88. The minimum absolute atomic E-state index is 0.0472. The lowest BCUT2D eigenvalue weighted by atomic mass is 10.1. The third kappa shape index (κ3) is 4.42. The first-order chi connectivity index (χ1) is 10.00. The standard InChI is InChI=1S/C16H16N2O2S/c1-13(16-9-7-14(11-17)8-10-16)18-21(19,20)12-15-5-3-2-4-6-15/h2-10,13,18H,12H2,1H3. The predicted octanol–water partition coefficient (Wildman–Crippen LogP) is 2.74. The molecule has 0 bridgehead atoms. The monoisotopic (exact) mass is 300 g/mol. The maximum absolute atomic E-state index is 12.1. The number of hydrogen-bond acceptors (Lipinski definition) is 3. The topological polar surface area (TPSA) is 70.0 Å². The highest BCUT2D eigenvalue weighted by Crippen LogP contribution is 2.15.